The Morgan fingerprint density at radius 3 is 2.04 bits per heavy atom. The van der Waals surface area contributed by atoms with Crippen LogP contribution in [0.4, 0.5) is 0 Å². The highest BCUT2D eigenvalue weighted by Crippen LogP contribution is 2.41. The van der Waals surface area contributed by atoms with Gasteiger partial charge in [-0.3, -0.25) is 4.57 Å². The van der Waals surface area contributed by atoms with Crippen molar-refractivity contribution in [2.24, 2.45) is 11.8 Å². The Morgan fingerprint density at radius 2 is 1.29 bits per heavy atom. The fraction of sp³-hybridized carbons (Fsp3) is 0.109. The first-order chi connectivity index (χ1) is 23.7. The molecule has 2 heteroatoms. The van der Waals surface area contributed by atoms with Crippen molar-refractivity contribution in [1.29, 1.82) is 0 Å². The first kappa shape index (κ1) is 28.5. The molecule has 2 unspecified atom stereocenters. The number of allylic oxidation sites excluding steroid dienone is 5. The van der Waals surface area contributed by atoms with Crippen molar-refractivity contribution in [3.63, 3.8) is 0 Å². The van der Waals surface area contributed by atoms with E-state index in [2.05, 4.69) is 175 Å². The third kappa shape index (κ3) is 4.84. The Labute approximate surface area is 282 Å². The fourth-order valence-electron chi connectivity index (χ4n) is 7.86. The molecule has 0 fully saturated rings. The molecule has 5 aromatic carbocycles. The van der Waals surface area contributed by atoms with E-state index >= 15 is 0 Å². The van der Waals surface area contributed by atoms with Gasteiger partial charge in [-0.05, 0) is 92.4 Å². The summed E-state index contributed by atoms with van der Waals surface area (Å²) in [6.45, 7) is 2.29. The lowest BCUT2D eigenvalue weighted by Gasteiger charge is -2.31. The Bertz CT molecular complexity index is 2370. The van der Waals surface area contributed by atoms with Crippen LogP contribution in [0.1, 0.15) is 35.9 Å². The minimum atomic E-state index is 0.274. The van der Waals surface area contributed by atoms with E-state index in [0.717, 1.165) is 35.6 Å². The molecule has 0 saturated carbocycles. The zero-order valence-corrected chi connectivity index (χ0v) is 27.1. The second-order valence-electron chi connectivity index (χ2n) is 13.2. The van der Waals surface area contributed by atoms with Crippen molar-refractivity contribution >= 4 is 17.2 Å². The highest BCUT2D eigenvalue weighted by Gasteiger charge is 2.30. The Balaban J connectivity index is 1.32. The predicted molar refractivity (Wildman–Crippen MR) is 199 cm³/mol. The first-order valence-electron chi connectivity index (χ1n) is 17.1. The highest BCUT2D eigenvalue weighted by molar-refractivity contribution is 5.89. The Hall–Kier alpha value is -5.73. The van der Waals surface area contributed by atoms with E-state index in [1.54, 1.807) is 0 Å². The molecule has 0 aliphatic heterocycles. The Morgan fingerprint density at radius 1 is 0.646 bits per heavy atom. The van der Waals surface area contributed by atoms with Gasteiger partial charge in [-0.1, -0.05) is 146 Å². The van der Waals surface area contributed by atoms with Crippen molar-refractivity contribution < 1.29 is 0 Å². The largest absolute Gasteiger partial charge is 0.296 e. The zero-order chi connectivity index (χ0) is 32.0. The van der Waals surface area contributed by atoms with E-state index in [1.165, 1.54) is 55.1 Å². The van der Waals surface area contributed by atoms with Crippen molar-refractivity contribution in [2.45, 2.75) is 19.8 Å². The maximum atomic E-state index is 5.31. The van der Waals surface area contributed by atoms with Crippen LogP contribution in [-0.4, -0.2) is 9.55 Å². The second-order valence-corrected chi connectivity index (χ2v) is 13.2. The predicted octanol–water partition coefficient (Wildman–Crippen LogP) is 9.33. The molecule has 48 heavy (non-hydrogen) atoms. The molecule has 3 aliphatic rings. The van der Waals surface area contributed by atoms with Gasteiger partial charge in [0.1, 0.15) is 5.82 Å². The van der Waals surface area contributed by atoms with Gasteiger partial charge in [0.05, 0.1) is 11.4 Å². The monoisotopic (exact) mass is 616 g/mol. The molecule has 0 saturated heterocycles. The van der Waals surface area contributed by atoms with E-state index < -0.39 is 0 Å². The van der Waals surface area contributed by atoms with Gasteiger partial charge in [0, 0.05) is 17.2 Å². The number of imidazole rings is 1. The highest BCUT2D eigenvalue weighted by atomic mass is 15.1. The first-order valence-corrected chi connectivity index (χ1v) is 17.1. The summed E-state index contributed by atoms with van der Waals surface area (Å²) in [7, 11) is 0. The summed E-state index contributed by atoms with van der Waals surface area (Å²) in [6, 6.07) is 48.6. The van der Waals surface area contributed by atoms with Gasteiger partial charge in [-0.15, -0.1) is 0 Å². The maximum absolute atomic E-state index is 5.31. The molecule has 0 N–H and O–H groups in total. The van der Waals surface area contributed by atoms with Gasteiger partial charge in [-0.25, -0.2) is 4.98 Å². The average molecular weight is 617 g/mol. The summed E-state index contributed by atoms with van der Waals surface area (Å²) < 4.78 is 2.39. The van der Waals surface area contributed by atoms with Crippen LogP contribution >= 0.6 is 0 Å². The minimum Gasteiger partial charge on any atom is -0.296 e. The maximum Gasteiger partial charge on any atom is 0.145 e. The third-order valence-electron chi connectivity index (χ3n) is 10.1. The van der Waals surface area contributed by atoms with Gasteiger partial charge in [0.15, 0.2) is 0 Å². The molecular weight excluding hydrogens is 581 g/mol. The van der Waals surface area contributed by atoms with Gasteiger partial charge >= 0.3 is 0 Å². The topological polar surface area (TPSA) is 17.8 Å². The van der Waals surface area contributed by atoms with E-state index in [9.17, 15) is 0 Å². The quantitative estimate of drug-likeness (QED) is 0.189. The number of nitrogens with zero attached hydrogens (tertiary/aromatic N) is 2. The van der Waals surface area contributed by atoms with Crippen molar-refractivity contribution in [3.8, 4) is 28.2 Å². The lowest BCUT2D eigenvalue weighted by atomic mass is 9.72. The normalized spacial score (nSPS) is 17.8. The molecule has 3 aliphatic carbocycles. The van der Waals surface area contributed by atoms with Crippen LogP contribution in [-0.2, 0) is 6.42 Å². The SMILES string of the molecule is CC1C=Cc2nc(-c3ccc4c(c3)=C(c3ccccc3)C3=CC=CCC3C=4c3ccc(-c4ccccc4)cc3)n(-c3ccccc3)c2C1. The van der Waals surface area contributed by atoms with Crippen LogP contribution < -0.4 is 10.4 Å². The van der Waals surface area contributed by atoms with Gasteiger partial charge in [-0.2, -0.15) is 0 Å². The lowest BCUT2D eigenvalue weighted by molar-refractivity contribution is 0.688. The van der Waals surface area contributed by atoms with Crippen molar-refractivity contribution in [2.75, 3.05) is 0 Å². The summed E-state index contributed by atoms with van der Waals surface area (Å²) in [5.74, 6) is 1.74. The molecule has 0 amide bonds. The van der Waals surface area contributed by atoms with Crippen molar-refractivity contribution in [3.05, 3.63) is 196 Å². The number of para-hydroxylation sites is 1. The molecule has 0 bridgehead atoms. The van der Waals surface area contributed by atoms with Crippen LogP contribution in [0, 0.1) is 11.8 Å². The standard InChI is InChI=1S/C46H36N2/c1-31-21-28-42-43(29-31)48(37-17-9-4-10-18-37)46(47-42)36-26-27-40-41(30-36)45(34-15-7-3-8-16-34)39-20-12-11-19-38(39)44(40)35-24-22-33(23-25-35)32-13-5-2-6-14-32/h2-18,20-28,30-31,38H,19,29H2,1H3. The van der Waals surface area contributed by atoms with Gasteiger partial charge in [0.2, 0.25) is 0 Å². The zero-order valence-electron chi connectivity index (χ0n) is 27.1. The van der Waals surface area contributed by atoms with Gasteiger partial charge < -0.3 is 0 Å². The summed E-state index contributed by atoms with van der Waals surface area (Å²) in [5.41, 5.74) is 13.8. The average Bonchev–Trinajstić information content (AvgIpc) is 3.53. The molecular formula is C46H36N2. The molecule has 2 nitrogen and oxygen atoms in total. The minimum absolute atomic E-state index is 0.274. The Kier molecular flexibility index (Phi) is 7.01. The molecule has 2 atom stereocenters. The molecule has 0 radical (unpaired) electrons. The van der Waals surface area contributed by atoms with Crippen LogP contribution in [0.25, 0.3) is 45.4 Å². The summed E-state index contributed by atoms with van der Waals surface area (Å²) in [5, 5.41) is 2.57. The fourth-order valence-corrected chi connectivity index (χ4v) is 7.86. The van der Waals surface area contributed by atoms with E-state index in [-0.39, 0.29) is 5.92 Å². The number of aromatic nitrogens is 2. The van der Waals surface area contributed by atoms with Crippen LogP contribution in [0.3, 0.4) is 0 Å². The van der Waals surface area contributed by atoms with Crippen LogP contribution in [0.2, 0.25) is 0 Å². The van der Waals surface area contributed by atoms with E-state index in [0.29, 0.717) is 5.92 Å². The molecule has 6 aromatic rings. The number of rotatable bonds is 5. The molecule has 1 heterocycles. The van der Waals surface area contributed by atoms with E-state index in [4.69, 9.17) is 4.98 Å². The summed E-state index contributed by atoms with van der Waals surface area (Å²) in [6.07, 6.45) is 13.4. The van der Waals surface area contributed by atoms with Crippen LogP contribution in [0.5, 0.6) is 0 Å². The summed E-state index contributed by atoms with van der Waals surface area (Å²) >= 11 is 0. The molecule has 1 aromatic heterocycles. The smallest absolute Gasteiger partial charge is 0.145 e. The molecule has 9 rings (SSSR count). The number of fused-ring (bicyclic) bond motifs is 3. The van der Waals surface area contributed by atoms with Crippen molar-refractivity contribution in [1.82, 2.24) is 9.55 Å². The second kappa shape index (κ2) is 11.8. The number of hydrogen-bond donors (Lipinski definition) is 0. The molecule has 230 valence electrons. The van der Waals surface area contributed by atoms with E-state index in [1.807, 2.05) is 0 Å². The van der Waals surface area contributed by atoms with Gasteiger partial charge in [0.25, 0.3) is 0 Å². The summed E-state index contributed by atoms with van der Waals surface area (Å²) in [4.78, 5) is 5.31. The number of hydrogen-bond acceptors (Lipinski definition) is 1. The lowest BCUT2D eigenvalue weighted by Crippen LogP contribution is -2.38. The molecule has 0 spiro atoms. The third-order valence-corrected chi connectivity index (χ3v) is 10.1. The van der Waals surface area contributed by atoms with Crippen LogP contribution in [0.15, 0.2) is 163 Å². The number of benzene rings is 5.